The lowest BCUT2D eigenvalue weighted by atomic mass is 9.70. The van der Waals surface area contributed by atoms with E-state index in [4.69, 9.17) is 0 Å². The van der Waals surface area contributed by atoms with Crippen molar-refractivity contribution in [2.45, 2.75) is 47.8 Å². The van der Waals surface area contributed by atoms with Crippen LogP contribution in [0.25, 0.3) is 0 Å². The average Bonchev–Trinajstić information content (AvgIpc) is 3.16. The van der Waals surface area contributed by atoms with Gasteiger partial charge in [-0.05, 0) is 84.8 Å². The molecule has 2 saturated carbocycles. The molecule has 0 radical (unpaired) electrons. The minimum Gasteiger partial charge on any atom is -0.748 e. The number of carbonyl (C=O) groups excluding carboxylic acids is 1. The Morgan fingerprint density at radius 3 is 1.72 bits per heavy atom. The molecule has 2 atom stereocenters. The van der Waals surface area contributed by atoms with Crippen molar-refractivity contribution in [3.05, 3.63) is 87.8 Å². The Labute approximate surface area is 233 Å². The van der Waals surface area contributed by atoms with Crippen molar-refractivity contribution in [2.75, 3.05) is 5.75 Å². The zero-order valence-electron chi connectivity index (χ0n) is 20.1. The molecule has 0 N–H and O–H groups in total. The molecule has 3 aromatic carbocycles. The molecule has 2 bridgehead atoms. The summed E-state index contributed by atoms with van der Waals surface area (Å²) in [7, 11) is -4.40. The molecule has 8 heteroatoms. The van der Waals surface area contributed by atoms with Gasteiger partial charge in [-0.1, -0.05) is 63.9 Å². The van der Waals surface area contributed by atoms with Crippen LogP contribution in [0, 0.1) is 16.7 Å². The third-order valence-electron chi connectivity index (χ3n) is 7.64. The SMILES string of the molecule is Brc1ccc([S+](c2ccccc2)c2ccc(Br)cc2)cc1.CC1(C)C2CCC1(CS(=O)(=O)[O-])C(=O)C2. The van der Waals surface area contributed by atoms with Crippen molar-refractivity contribution in [3.8, 4) is 0 Å². The fourth-order valence-corrected chi connectivity index (χ4v) is 9.39. The number of Topliss-reactive ketones (excluding diaryl/α,β-unsaturated/α-hetero) is 1. The van der Waals surface area contributed by atoms with Crippen LogP contribution in [0.2, 0.25) is 0 Å². The van der Waals surface area contributed by atoms with Gasteiger partial charge in [-0.25, -0.2) is 8.42 Å². The maximum absolute atomic E-state index is 11.8. The molecule has 36 heavy (non-hydrogen) atoms. The summed E-state index contributed by atoms with van der Waals surface area (Å²) in [6.45, 7) is 3.83. The van der Waals surface area contributed by atoms with E-state index in [1.54, 1.807) is 0 Å². The number of ketones is 1. The van der Waals surface area contributed by atoms with Crippen LogP contribution in [-0.2, 0) is 25.8 Å². The number of carbonyl (C=O) groups is 1. The molecule has 0 saturated heterocycles. The normalized spacial score (nSPS) is 22.4. The van der Waals surface area contributed by atoms with Gasteiger partial charge in [0, 0.05) is 20.8 Å². The van der Waals surface area contributed by atoms with E-state index >= 15 is 0 Å². The van der Waals surface area contributed by atoms with Gasteiger partial charge in [0.05, 0.1) is 26.8 Å². The van der Waals surface area contributed by atoms with Crippen LogP contribution in [-0.4, -0.2) is 24.5 Å². The van der Waals surface area contributed by atoms with Gasteiger partial charge in [0.1, 0.15) is 5.78 Å². The number of fused-ring (bicyclic) bond motifs is 2. The molecule has 2 unspecified atom stereocenters. The molecule has 0 aliphatic heterocycles. The lowest BCUT2D eigenvalue weighted by Gasteiger charge is -2.37. The topological polar surface area (TPSA) is 74.3 Å². The van der Waals surface area contributed by atoms with E-state index in [1.807, 2.05) is 13.8 Å². The van der Waals surface area contributed by atoms with E-state index in [1.165, 1.54) is 14.7 Å². The molecule has 5 rings (SSSR count). The molecule has 3 aromatic rings. The van der Waals surface area contributed by atoms with Crippen molar-refractivity contribution in [1.29, 1.82) is 0 Å². The molecule has 4 nitrogen and oxygen atoms in total. The summed E-state index contributed by atoms with van der Waals surface area (Å²) in [5.74, 6) is -0.280. The summed E-state index contributed by atoms with van der Waals surface area (Å²) in [6, 6.07) is 27.9. The van der Waals surface area contributed by atoms with Gasteiger partial charge in [0.15, 0.2) is 14.7 Å². The zero-order chi connectivity index (χ0) is 26.1. The minimum absolute atomic E-state index is 0.0248. The largest absolute Gasteiger partial charge is 0.748 e. The van der Waals surface area contributed by atoms with Gasteiger partial charge in [-0.15, -0.1) is 0 Å². The van der Waals surface area contributed by atoms with Crippen LogP contribution in [0.3, 0.4) is 0 Å². The van der Waals surface area contributed by atoms with E-state index in [2.05, 4.69) is 111 Å². The van der Waals surface area contributed by atoms with Crippen molar-refractivity contribution in [2.24, 2.45) is 16.7 Å². The van der Waals surface area contributed by atoms with Crippen LogP contribution >= 0.6 is 31.9 Å². The Hall–Kier alpha value is -1.45. The Morgan fingerprint density at radius 1 is 0.861 bits per heavy atom. The molecule has 2 aliphatic carbocycles. The number of hydrogen-bond donors (Lipinski definition) is 0. The van der Waals surface area contributed by atoms with Gasteiger partial charge in [-0.2, -0.15) is 0 Å². The van der Waals surface area contributed by atoms with Crippen molar-refractivity contribution in [3.63, 3.8) is 0 Å². The standard InChI is InChI=1S/C18H13Br2S.C10H16O4S/c19-14-6-10-17(11-7-14)21(16-4-2-1-3-5-16)18-12-8-15(20)9-13-18;1-9(2)7-3-4-10(9,8(11)5-7)6-15(12,13)14/h1-13H;7H,3-6H2,1-2H3,(H,12,13,14)/q+1;/p-1. The highest BCUT2D eigenvalue weighted by Crippen LogP contribution is 2.64. The predicted octanol–water partition coefficient (Wildman–Crippen LogP) is 7.23. The van der Waals surface area contributed by atoms with E-state index in [-0.39, 0.29) is 28.0 Å². The quantitative estimate of drug-likeness (QED) is 0.215. The number of benzene rings is 3. The molecule has 2 aliphatic rings. The van der Waals surface area contributed by atoms with Crippen LogP contribution < -0.4 is 0 Å². The predicted molar refractivity (Wildman–Crippen MR) is 150 cm³/mol. The van der Waals surface area contributed by atoms with Crippen LogP contribution in [0.4, 0.5) is 0 Å². The fraction of sp³-hybridized carbons (Fsp3) is 0.321. The molecule has 0 amide bonds. The summed E-state index contributed by atoms with van der Waals surface area (Å²) in [6.07, 6.45) is 1.88. The smallest absolute Gasteiger partial charge is 0.166 e. The third-order valence-corrected chi connectivity index (χ3v) is 11.8. The molecule has 0 heterocycles. The van der Waals surface area contributed by atoms with Crippen molar-refractivity contribution in [1.82, 2.24) is 0 Å². The van der Waals surface area contributed by atoms with Gasteiger partial charge in [-0.3, -0.25) is 4.79 Å². The molecule has 2 fully saturated rings. The summed E-state index contributed by atoms with van der Waals surface area (Å²) >= 11 is 7.03. The fourth-order valence-electron chi connectivity index (χ4n) is 5.52. The Morgan fingerprint density at radius 2 is 1.33 bits per heavy atom. The van der Waals surface area contributed by atoms with E-state index in [0.717, 1.165) is 15.4 Å². The number of hydrogen-bond acceptors (Lipinski definition) is 4. The summed E-state index contributed by atoms with van der Waals surface area (Å²) in [5, 5.41) is 0. The van der Waals surface area contributed by atoms with Crippen LogP contribution in [0.1, 0.15) is 33.1 Å². The first-order valence-electron chi connectivity index (χ1n) is 11.7. The summed E-state index contributed by atoms with van der Waals surface area (Å²) in [5.41, 5.74) is -1.22. The Balaban J connectivity index is 0.000000179. The second kappa shape index (κ2) is 10.7. The molecular formula is C28H28Br2O4S2. The van der Waals surface area contributed by atoms with E-state index < -0.39 is 21.3 Å². The molecule has 190 valence electrons. The third kappa shape index (κ3) is 5.68. The Kier molecular flexibility index (Phi) is 8.22. The highest BCUT2D eigenvalue weighted by Gasteiger charge is 2.64. The first-order chi connectivity index (χ1) is 16.9. The van der Waals surface area contributed by atoms with Crippen molar-refractivity contribution >= 4 is 58.7 Å². The monoisotopic (exact) mass is 650 g/mol. The second-order valence-electron chi connectivity index (χ2n) is 9.90. The molecule has 0 aromatic heterocycles. The van der Waals surface area contributed by atoms with Crippen LogP contribution in [0.15, 0.2) is 102 Å². The maximum Gasteiger partial charge on any atom is 0.166 e. The summed E-state index contributed by atoms with van der Waals surface area (Å²) in [4.78, 5) is 15.8. The summed E-state index contributed by atoms with van der Waals surface area (Å²) < 4.78 is 34.9. The lowest BCUT2D eigenvalue weighted by Crippen LogP contribution is -2.42. The Bertz CT molecular complexity index is 1280. The van der Waals surface area contributed by atoms with Crippen LogP contribution in [0.5, 0.6) is 0 Å². The lowest BCUT2D eigenvalue weighted by molar-refractivity contribution is -0.128. The number of halogens is 2. The number of rotatable bonds is 5. The van der Waals surface area contributed by atoms with Gasteiger partial charge < -0.3 is 4.55 Å². The minimum atomic E-state index is -4.33. The highest BCUT2D eigenvalue weighted by molar-refractivity contribution is 9.10. The van der Waals surface area contributed by atoms with Crippen molar-refractivity contribution < 1.29 is 17.8 Å². The molecule has 0 spiro atoms. The van der Waals surface area contributed by atoms with E-state index in [0.29, 0.717) is 12.8 Å². The van der Waals surface area contributed by atoms with Gasteiger partial charge in [0.25, 0.3) is 0 Å². The van der Waals surface area contributed by atoms with Gasteiger partial charge in [0.2, 0.25) is 0 Å². The first kappa shape index (κ1) is 27.6. The first-order valence-corrected chi connectivity index (χ1v) is 16.1. The second-order valence-corrected chi connectivity index (χ2v) is 15.2. The van der Waals surface area contributed by atoms with E-state index in [9.17, 15) is 17.8 Å². The van der Waals surface area contributed by atoms with Gasteiger partial charge >= 0.3 is 0 Å². The average molecular weight is 652 g/mol. The zero-order valence-corrected chi connectivity index (χ0v) is 24.9. The highest BCUT2D eigenvalue weighted by atomic mass is 79.9. The maximum atomic E-state index is 11.8. The molecular weight excluding hydrogens is 624 g/mol.